The Hall–Kier alpha value is -1.73. The Labute approximate surface area is 79.1 Å². The molecule has 14 heavy (non-hydrogen) atoms. The molecule has 0 bridgehead atoms. The van der Waals surface area contributed by atoms with Crippen LogP contribution in [0.25, 0.3) is 0 Å². The van der Waals surface area contributed by atoms with Gasteiger partial charge in [-0.1, -0.05) is 0 Å². The molecule has 6 nitrogen and oxygen atoms in total. The minimum absolute atomic E-state index is 0.0191. The summed E-state index contributed by atoms with van der Waals surface area (Å²) in [6.07, 6.45) is 0.401. The van der Waals surface area contributed by atoms with Gasteiger partial charge in [0.25, 0.3) is 5.69 Å². The van der Waals surface area contributed by atoms with Crippen LogP contribution in [-0.2, 0) is 0 Å². The van der Waals surface area contributed by atoms with Gasteiger partial charge in [0.1, 0.15) is 6.29 Å². The van der Waals surface area contributed by atoms with E-state index >= 15 is 0 Å². The minimum atomic E-state index is -1.89. The summed E-state index contributed by atoms with van der Waals surface area (Å²) >= 11 is 0. The number of non-ortho nitro benzene ring substituents is 1. The third kappa shape index (κ3) is 1.95. The van der Waals surface area contributed by atoms with Crippen molar-refractivity contribution >= 4 is 24.6 Å². The first-order valence-corrected chi connectivity index (χ1v) is 3.66. The zero-order chi connectivity index (χ0) is 10.7. The Morgan fingerprint density at radius 1 is 1.43 bits per heavy atom. The third-order valence-corrected chi connectivity index (χ3v) is 1.69. The summed E-state index contributed by atoms with van der Waals surface area (Å²) in [6, 6.07) is 3.24. The zero-order valence-corrected chi connectivity index (χ0v) is 6.95. The quantitative estimate of drug-likeness (QED) is 0.281. The van der Waals surface area contributed by atoms with Crippen molar-refractivity contribution in [3.8, 4) is 0 Å². The number of carbonyl (C=O) groups is 1. The highest BCUT2D eigenvalue weighted by Gasteiger charge is 2.19. The SMILES string of the molecule is O=Cc1ccc([N+](=O)[O-])cc1B(O)O. The molecule has 0 aliphatic carbocycles. The maximum absolute atomic E-state index is 10.4. The van der Waals surface area contributed by atoms with Crippen molar-refractivity contribution in [3.63, 3.8) is 0 Å². The number of benzene rings is 1. The third-order valence-electron chi connectivity index (χ3n) is 1.69. The number of rotatable bonds is 3. The minimum Gasteiger partial charge on any atom is -0.423 e. The lowest BCUT2D eigenvalue weighted by molar-refractivity contribution is -0.384. The Kier molecular flexibility index (Phi) is 2.95. The van der Waals surface area contributed by atoms with Gasteiger partial charge in [0.15, 0.2) is 0 Å². The van der Waals surface area contributed by atoms with Gasteiger partial charge in [0, 0.05) is 17.7 Å². The second kappa shape index (κ2) is 3.99. The van der Waals surface area contributed by atoms with Crippen LogP contribution in [0.3, 0.4) is 0 Å². The van der Waals surface area contributed by atoms with Gasteiger partial charge in [-0.3, -0.25) is 14.9 Å². The Morgan fingerprint density at radius 2 is 2.07 bits per heavy atom. The van der Waals surface area contributed by atoms with Crippen LogP contribution in [-0.4, -0.2) is 28.4 Å². The van der Waals surface area contributed by atoms with Crippen molar-refractivity contribution in [3.05, 3.63) is 33.9 Å². The molecule has 72 valence electrons. The molecule has 0 radical (unpaired) electrons. The van der Waals surface area contributed by atoms with Crippen LogP contribution in [0.4, 0.5) is 5.69 Å². The van der Waals surface area contributed by atoms with Crippen molar-refractivity contribution in [2.24, 2.45) is 0 Å². The van der Waals surface area contributed by atoms with Crippen LogP contribution in [0.2, 0.25) is 0 Å². The van der Waals surface area contributed by atoms with Crippen molar-refractivity contribution in [2.75, 3.05) is 0 Å². The maximum atomic E-state index is 10.4. The number of hydrogen-bond donors (Lipinski definition) is 2. The molecule has 1 aromatic carbocycles. The molecular weight excluding hydrogens is 189 g/mol. The van der Waals surface area contributed by atoms with Crippen molar-refractivity contribution < 1.29 is 19.8 Å². The first-order chi connectivity index (χ1) is 6.56. The molecule has 0 amide bonds. The summed E-state index contributed by atoms with van der Waals surface area (Å²) in [7, 11) is -1.89. The van der Waals surface area contributed by atoms with Gasteiger partial charge in [-0.15, -0.1) is 0 Å². The molecule has 7 heteroatoms. The average Bonchev–Trinajstić information content (AvgIpc) is 2.16. The molecule has 0 fully saturated rings. The van der Waals surface area contributed by atoms with Crippen LogP contribution >= 0.6 is 0 Å². The van der Waals surface area contributed by atoms with E-state index in [1.807, 2.05) is 0 Å². The standard InChI is InChI=1S/C7H6BNO5/c10-4-5-1-2-6(9(13)14)3-7(5)8(11)12/h1-4,11-12H. The molecule has 0 aromatic heterocycles. The maximum Gasteiger partial charge on any atom is 0.489 e. The van der Waals surface area contributed by atoms with E-state index in [4.69, 9.17) is 10.0 Å². The van der Waals surface area contributed by atoms with Gasteiger partial charge in [-0.25, -0.2) is 0 Å². The van der Waals surface area contributed by atoms with E-state index < -0.39 is 12.0 Å². The number of nitrogens with zero attached hydrogens (tertiary/aromatic N) is 1. The highest BCUT2D eigenvalue weighted by molar-refractivity contribution is 6.60. The molecule has 0 atom stereocenters. The number of nitro groups is 1. The predicted molar refractivity (Wildman–Crippen MR) is 48.3 cm³/mol. The lowest BCUT2D eigenvalue weighted by Gasteiger charge is -2.02. The van der Waals surface area contributed by atoms with E-state index in [1.54, 1.807) is 0 Å². The van der Waals surface area contributed by atoms with E-state index in [-0.39, 0.29) is 16.7 Å². The largest absolute Gasteiger partial charge is 0.489 e. The molecule has 1 rings (SSSR count). The van der Waals surface area contributed by atoms with E-state index in [0.29, 0.717) is 6.29 Å². The first-order valence-electron chi connectivity index (χ1n) is 3.66. The average molecular weight is 195 g/mol. The number of carbonyl (C=O) groups excluding carboxylic acids is 1. The summed E-state index contributed by atoms with van der Waals surface area (Å²) in [5.74, 6) is 0. The van der Waals surface area contributed by atoms with Crippen LogP contribution in [0, 0.1) is 10.1 Å². The first kappa shape index (κ1) is 10.4. The van der Waals surface area contributed by atoms with Gasteiger partial charge in [-0.05, 0) is 11.5 Å². The van der Waals surface area contributed by atoms with E-state index in [1.165, 1.54) is 6.07 Å². The second-order valence-corrected chi connectivity index (χ2v) is 2.56. The van der Waals surface area contributed by atoms with Gasteiger partial charge >= 0.3 is 7.12 Å². The molecule has 1 aromatic rings. The summed E-state index contributed by atoms with van der Waals surface area (Å²) < 4.78 is 0. The van der Waals surface area contributed by atoms with Gasteiger partial charge < -0.3 is 10.0 Å². The Morgan fingerprint density at radius 3 is 2.50 bits per heavy atom. The van der Waals surface area contributed by atoms with Crippen molar-refractivity contribution in [1.29, 1.82) is 0 Å². The monoisotopic (exact) mass is 195 g/mol. The number of nitro benzene ring substituents is 1. The van der Waals surface area contributed by atoms with Crippen LogP contribution in [0.5, 0.6) is 0 Å². The zero-order valence-electron chi connectivity index (χ0n) is 6.95. The van der Waals surface area contributed by atoms with Crippen LogP contribution in [0.15, 0.2) is 18.2 Å². The topological polar surface area (TPSA) is 101 Å². The van der Waals surface area contributed by atoms with Gasteiger partial charge in [0.2, 0.25) is 0 Å². The number of aldehydes is 1. The smallest absolute Gasteiger partial charge is 0.423 e. The summed E-state index contributed by atoms with van der Waals surface area (Å²) in [6.45, 7) is 0. The predicted octanol–water partition coefficient (Wildman–Crippen LogP) is -0.913. The lowest BCUT2D eigenvalue weighted by Crippen LogP contribution is -2.33. The lowest BCUT2D eigenvalue weighted by atomic mass is 9.77. The van der Waals surface area contributed by atoms with Crippen molar-refractivity contribution in [1.82, 2.24) is 0 Å². The van der Waals surface area contributed by atoms with Gasteiger partial charge in [0.05, 0.1) is 4.92 Å². The molecule has 2 N–H and O–H groups in total. The second-order valence-electron chi connectivity index (χ2n) is 2.56. The fraction of sp³-hybridized carbons (Fsp3) is 0. The Bertz CT molecular complexity index is 378. The van der Waals surface area contributed by atoms with Crippen LogP contribution < -0.4 is 5.46 Å². The molecule has 0 saturated heterocycles. The molecule has 0 saturated carbocycles. The molecule has 0 aliphatic heterocycles. The van der Waals surface area contributed by atoms with E-state index in [2.05, 4.69) is 0 Å². The molecule has 0 aliphatic rings. The number of hydrogen-bond acceptors (Lipinski definition) is 5. The molecule has 0 spiro atoms. The van der Waals surface area contributed by atoms with Crippen LogP contribution in [0.1, 0.15) is 10.4 Å². The highest BCUT2D eigenvalue weighted by atomic mass is 16.6. The fourth-order valence-corrected chi connectivity index (χ4v) is 1.01. The summed E-state index contributed by atoms with van der Waals surface area (Å²) in [4.78, 5) is 20.1. The highest BCUT2D eigenvalue weighted by Crippen LogP contribution is 2.09. The normalized spacial score (nSPS) is 9.57. The fourth-order valence-electron chi connectivity index (χ4n) is 1.01. The van der Waals surface area contributed by atoms with Crippen molar-refractivity contribution in [2.45, 2.75) is 0 Å². The molecule has 0 unspecified atom stereocenters. The summed E-state index contributed by atoms with van der Waals surface area (Å²) in [5, 5.41) is 28.0. The summed E-state index contributed by atoms with van der Waals surface area (Å²) in [5.41, 5.74) is -0.446. The van der Waals surface area contributed by atoms with Gasteiger partial charge in [-0.2, -0.15) is 0 Å². The molecular formula is C7H6BNO5. The molecule has 0 heterocycles. The Balaban J connectivity index is 3.27. The van der Waals surface area contributed by atoms with E-state index in [9.17, 15) is 14.9 Å². The van der Waals surface area contributed by atoms with E-state index in [0.717, 1.165) is 12.1 Å².